The minimum atomic E-state index is -0.160. The second kappa shape index (κ2) is 9.73. The van der Waals surface area contributed by atoms with Crippen LogP contribution in [0, 0.1) is 0 Å². The summed E-state index contributed by atoms with van der Waals surface area (Å²) in [5.74, 6) is 1.17. The van der Waals surface area contributed by atoms with E-state index in [2.05, 4.69) is 5.32 Å². The molecule has 1 aliphatic heterocycles. The number of nitrogens with one attached hydrogen (secondary N) is 1. The molecule has 4 rings (SSSR count). The van der Waals surface area contributed by atoms with Gasteiger partial charge in [-0.2, -0.15) is 0 Å². The van der Waals surface area contributed by atoms with Crippen molar-refractivity contribution in [1.29, 1.82) is 0 Å². The third-order valence-electron chi connectivity index (χ3n) is 6.04. The van der Waals surface area contributed by atoms with Gasteiger partial charge in [0.2, 0.25) is 11.8 Å². The topological polar surface area (TPSA) is 67.9 Å². The number of likely N-dealkylation sites (tertiary alicyclic amines) is 1. The SMILES string of the molecule is COc1ccc(C2CCCN2C(=O)CNC(=O)Cc2cccc3ccccc23)c(OC)c1. The lowest BCUT2D eigenvalue weighted by Gasteiger charge is -2.26. The van der Waals surface area contributed by atoms with Gasteiger partial charge in [0.1, 0.15) is 11.5 Å². The molecule has 1 atom stereocenters. The smallest absolute Gasteiger partial charge is 0.242 e. The first-order valence-corrected chi connectivity index (χ1v) is 10.9. The summed E-state index contributed by atoms with van der Waals surface area (Å²) in [6, 6.07) is 19.5. The van der Waals surface area contributed by atoms with Crippen LogP contribution in [0.15, 0.2) is 60.7 Å². The average molecular weight is 433 g/mol. The molecule has 6 nitrogen and oxygen atoms in total. The van der Waals surface area contributed by atoms with Crippen molar-refractivity contribution in [2.45, 2.75) is 25.3 Å². The highest BCUT2D eigenvalue weighted by Gasteiger charge is 2.32. The number of carbonyl (C=O) groups excluding carboxylic acids is 2. The zero-order chi connectivity index (χ0) is 22.5. The Morgan fingerprint density at radius 1 is 1.03 bits per heavy atom. The van der Waals surface area contributed by atoms with Gasteiger partial charge in [-0.1, -0.05) is 42.5 Å². The van der Waals surface area contributed by atoms with Gasteiger partial charge in [0.15, 0.2) is 0 Å². The van der Waals surface area contributed by atoms with Gasteiger partial charge in [-0.25, -0.2) is 0 Å². The maximum Gasteiger partial charge on any atom is 0.242 e. The fourth-order valence-corrected chi connectivity index (χ4v) is 4.44. The maximum absolute atomic E-state index is 13.0. The zero-order valence-corrected chi connectivity index (χ0v) is 18.5. The molecule has 0 radical (unpaired) electrons. The van der Waals surface area contributed by atoms with E-state index in [1.165, 1.54) is 0 Å². The standard InChI is InChI=1S/C26H28N2O4/c1-31-20-12-13-22(24(16-20)32-2)23-11-6-14-28(23)26(30)17-27-25(29)15-19-9-5-8-18-7-3-4-10-21(18)19/h3-5,7-10,12-13,16,23H,6,11,14-15,17H2,1-2H3,(H,27,29). The van der Waals surface area contributed by atoms with Crippen LogP contribution in [0.25, 0.3) is 10.8 Å². The van der Waals surface area contributed by atoms with Crippen molar-refractivity contribution >= 4 is 22.6 Å². The number of nitrogens with zero attached hydrogens (tertiary/aromatic N) is 1. The fraction of sp³-hybridized carbons (Fsp3) is 0.308. The summed E-state index contributed by atoms with van der Waals surface area (Å²) in [5.41, 5.74) is 1.91. The Labute approximate surface area is 188 Å². The minimum Gasteiger partial charge on any atom is -0.497 e. The maximum atomic E-state index is 13.0. The molecule has 1 heterocycles. The van der Waals surface area contributed by atoms with E-state index in [0.717, 1.165) is 34.7 Å². The van der Waals surface area contributed by atoms with Gasteiger partial charge >= 0.3 is 0 Å². The Bertz CT molecular complexity index is 1120. The first kappa shape index (κ1) is 21.7. The first-order chi connectivity index (χ1) is 15.6. The number of benzene rings is 3. The van der Waals surface area contributed by atoms with E-state index in [9.17, 15) is 9.59 Å². The first-order valence-electron chi connectivity index (χ1n) is 10.9. The number of hydrogen-bond donors (Lipinski definition) is 1. The van der Waals surface area contributed by atoms with Crippen LogP contribution >= 0.6 is 0 Å². The van der Waals surface area contributed by atoms with Crippen LogP contribution < -0.4 is 14.8 Å². The van der Waals surface area contributed by atoms with E-state index in [0.29, 0.717) is 18.0 Å². The van der Waals surface area contributed by atoms with E-state index >= 15 is 0 Å². The number of rotatable bonds is 7. The normalized spacial score (nSPS) is 15.6. The molecule has 1 aliphatic rings. The predicted molar refractivity (Wildman–Crippen MR) is 124 cm³/mol. The molecule has 0 spiro atoms. The average Bonchev–Trinajstić information content (AvgIpc) is 3.32. The third kappa shape index (κ3) is 4.54. The second-order valence-corrected chi connectivity index (χ2v) is 7.94. The summed E-state index contributed by atoms with van der Waals surface area (Å²) in [7, 11) is 3.23. The van der Waals surface area contributed by atoms with E-state index in [1.807, 2.05) is 65.6 Å². The summed E-state index contributed by atoms with van der Waals surface area (Å²) in [6.07, 6.45) is 2.01. The molecule has 1 N–H and O–H groups in total. The van der Waals surface area contributed by atoms with Crippen LogP contribution in [0.3, 0.4) is 0 Å². The lowest BCUT2D eigenvalue weighted by molar-refractivity contribution is -0.133. The molecule has 1 fully saturated rings. The molecule has 0 saturated carbocycles. The lowest BCUT2D eigenvalue weighted by atomic mass is 10.0. The van der Waals surface area contributed by atoms with Crippen LogP contribution in [-0.2, 0) is 16.0 Å². The molecule has 2 amide bonds. The zero-order valence-electron chi connectivity index (χ0n) is 18.5. The molecule has 0 bridgehead atoms. The highest BCUT2D eigenvalue weighted by Crippen LogP contribution is 2.38. The van der Waals surface area contributed by atoms with Crippen LogP contribution in [0.2, 0.25) is 0 Å². The molecule has 3 aromatic carbocycles. The number of hydrogen-bond acceptors (Lipinski definition) is 4. The van der Waals surface area contributed by atoms with Crippen molar-refractivity contribution in [2.75, 3.05) is 27.3 Å². The second-order valence-electron chi connectivity index (χ2n) is 7.94. The van der Waals surface area contributed by atoms with Gasteiger partial charge in [-0.05, 0) is 41.3 Å². The Kier molecular flexibility index (Phi) is 6.59. The number of amides is 2. The van der Waals surface area contributed by atoms with Crippen LogP contribution in [0.1, 0.15) is 30.0 Å². The van der Waals surface area contributed by atoms with Crippen molar-refractivity contribution in [2.24, 2.45) is 0 Å². The minimum absolute atomic E-state index is 0.0153. The quantitative estimate of drug-likeness (QED) is 0.615. The Hall–Kier alpha value is -3.54. The summed E-state index contributed by atoms with van der Waals surface area (Å²) in [5, 5.41) is 4.97. The molecule has 32 heavy (non-hydrogen) atoms. The highest BCUT2D eigenvalue weighted by molar-refractivity contribution is 5.91. The van der Waals surface area contributed by atoms with Gasteiger partial charge < -0.3 is 19.7 Å². The summed E-state index contributed by atoms with van der Waals surface area (Å²) < 4.78 is 10.8. The van der Waals surface area contributed by atoms with Gasteiger partial charge in [0.05, 0.1) is 33.2 Å². The molecule has 1 unspecified atom stereocenters. The van der Waals surface area contributed by atoms with Gasteiger partial charge in [0.25, 0.3) is 0 Å². The van der Waals surface area contributed by atoms with Crippen molar-refractivity contribution in [3.8, 4) is 11.5 Å². The molecule has 3 aromatic rings. The molecule has 0 aromatic heterocycles. The van der Waals surface area contributed by atoms with Gasteiger partial charge in [-0.3, -0.25) is 9.59 Å². The van der Waals surface area contributed by atoms with Crippen LogP contribution in [-0.4, -0.2) is 44.0 Å². The van der Waals surface area contributed by atoms with E-state index in [4.69, 9.17) is 9.47 Å². The molecule has 6 heteroatoms. The Balaban J connectivity index is 1.40. The van der Waals surface area contributed by atoms with Gasteiger partial charge in [-0.15, -0.1) is 0 Å². The lowest BCUT2D eigenvalue weighted by Crippen LogP contribution is -2.40. The van der Waals surface area contributed by atoms with E-state index in [-0.39, 0.29) is 30.8 Å². The largest absolute Gasteiger partial charge is 0.497 e. The summed E-state index contributed by atoms with van der Waals surface area (Å²) in [4.78, 5) is 27.4. The number of fused-ring (bicyclic) bond motifs is 1. The summed E-state index contributed by atoms with van der Waals surface area (Å²) >= 11 is 0. The third-order valence-corrected chi connectivity index (χ3v) is 6.04. The summed E-state index contributed by atoms with van der Waals surface area (Å²) in [6.45, 7) is 0.649. The molecular formula is C26H28N2O4. The van der Waals surface area contributed by atoms with E-state index in [1.54, 1.807) is 14.2 Å². The van der Waals surface area contributed by atoms with Crippen LogP contribution in [0.5, 0.6) is 11.5 Å². The van der Waals surface area contributed by atoms with Crippen molar-refractivity contribution in [3.05, 3.63) is 71.8 Å². The molecule has 166 valence electrons. The predicted octanol–water partition coefficient (Wildman–Crippen LogP) is 3.88. The monoisotopic (exact) mass is 432 g/mol. The molecular weight excluding hydrogens is 404 g/mol. The van der Waals surface area contributed by atoms with Gasteiger partial charge in [0, 0.05) is 18.2 Å². The number of carbonyl (C=O) groups is 2. The molecule has 0 aliphatic carbocycles. The number of methoxy groups -OCH3 is 2. The Morgan fingerprint density at radius 3 is 2.66 bits per heavy atom. The van der Waals surface area contributed by atoms with Crippen molar-refractivity contribution < 1.29 is 19.1 Å². The van der Waals surface area contributed by atoms with Crippen molar-refractivity contribution in [1.82, 2.24) is 10.2 Å². The van der Waals surface area contributed by atoms with E-state index < -0.39 is 0 Å². The van der Waals surface area contributed by atoms with Crippen molar-refractivity contribution in [3.63, 3.8) is 0 Å². The fourth-order valence-electron chi connectivity index (χ4n) is 4.44. The highest BCUT2D eigenvalue weighted by atomic mass is 16.5. The number of ether oxygens (including phenoxy) is 2. The Morgan fingerprint density at radius 2 is 1.84 bits per heavy atom. The molecule has 1 saturated heterocycles. The van der Waals surface area contributed by atoms with Crippen LogP contribution in [0.4, 0.5) is 0 Å².